The molecule has 1 heterocycles. The van der Waals surface area contributed by atoms with Crippen molar-refractivity contribution in [3.8, 4) is 0 Å². The van der Waals surface area contributed by atoms with Gasteiger partial charge in [0.05, 0.1) is 12.1 Å². The highest BCUT2D eigenvalue weighted by atomic mass is 16.2. The predicted molar refractivity (Wildman–Crippen MR) is 98.9 cm³/mol. The van der Waals surface area contributed by atoms with Crippen molar-refractivity contribution in [3.63, 3.8) is 0 Å². The molecule has 1 aromatic rings. The lowest BCUT2D eigenvalue weighted by atomic mass is 9.89. The summed E-state index contributed by atoms with van der Waals surface area (Å²) in [6.45, 7) is 1.57. The molecule has 0 aromatic heterocycles. The van der Waals surface area contributed by atoms with Crippen LogP contribution in [0, 0.1) is 5.92 Å². The van der Waals surface area contributed by atoms with Crippen LogP contribution in [0.25, 0.3) is 0 Å². The molecule has 2 fully saturated rings. The second-order valence-corrected chi connectivity index (χ2v) is 7.46. The third-order valence-electron chi connectivity index (χ3n) is 5.63. The summed E-state index contributed by atoms with van der Waals surface area (Å²) in [5.74, 6) is 0.734. The van der Waals surface area contributed by atoms with E-state index in [-0.39, 0.29) is 18.0 Å². The average Bonchev–Trinajstić information content (AvgIpc) is 3.15. The fourth-order valence-electron chi connectivity index (χ4n) is 4.15. The van der Waals surface area contributed by atoms with Gasteiger partial charge in [-0.3, -0.25) is 9.59 Å². The molecule has 1 radical (unpaired) electrons. The van der Waals surface area contributed by atoms with Gasteiger partial charge in [-0.2, -0.15) is 0 Å². The molecule has 1 aliphatic carbocycles. The van der Waals surface area contributed by atoms with E-state index in [0.717, 1.165) is 24.9 Å². The molecular formula is C21H29N2O2. The molecule has 3 rings (SSSR count). The lowest BCUT2D eigenvalue weighted by molar-refractivity contribution is -0.133. The molecule has 2 aliphatic rings. The largest absolute Gasteiger partial charge is 0.331 e. The standard InChI is InChI=1S/C21H29N2O2/c24-16-19-12-7-13-23(19)21(25)20(14-17-8-3-1-4-9-17)22-15-18-10-5-2-6-11-18/h1,3-4,8-9,18-20,22H,2,5-7,10-15H2/t19-,20+/m0/s1. The minimum atomic E-state index is -0.359. The number of carbonyl (C=O) groups is 1. The van der Waals surface area contributed by atoms with Gasteiger partial charge in [-0.1, -0.05) is 49.6 Å². The first-order valence-electron chi connectivity index (χ1n) is 9.73. The van der Waals surface area contributed by atoms with Crippen LogP contribution in [0.4, 0.5) is 0 Å². The van der Waals surface area contributed by atoms with E-state index in [1.165, 1.54) is 32.1 Å². The number of benzene rings is 1. The molecule has 4 heteroatoms. The Balaban J connectivity index is 1.66. The second-order valence-electron chi connectivity index (χ2n) is 7.46. The van der Waals surface area contributed by atoms with Crippen LogP contribution in [0.3, 0.4) is 0 Å². The highest BCUT2D eigenvalue weighted by Gasteiger charge is 2.33. The molecule has 25 heavy (non-hydrogen) atoms. The van der Waals surface area contributed by atoms with Crippen LogP contribution in [0.1, 0.15) is 50.5 Å². The summed E-state index contributed by atoms with van der Waals surface area (Å²) >= 11 is 0. The molecule has 1 amide bonds. The van der Waals surface area contributed by atoms with Crippen LogP contribution in [0.5, 0.6) is 0 Å². The maximum atomic E-state index is 13.1. The number of nitrogens with one attached hydrogen (secondary N) is 1. The van der Waals surface area contributed by atoms with Gasteiger partial charge in [0.1, 0.15) is 0 Å². The van der Waals surface area contributed by atoms with Crippen molar-refractivity contribution in [2.75, 3.05) is 13.1 Å². The van der Waals surface area contributed by atoms with Crippen molar-refractivity contribution >= 4 is 12.2 Å². The number of hydrogen-bond acceptors (Lipinski definition) is 3. The Morgan fingerprint density at radius 3 is 2.60 bits per heavy atom. The van der Waals surface area contributed by atoms with Gasteiger partial charge in [-0.15, -0.1) is 0 Å². The highest BCUT2D eigenvalue weighted by Crippen LogP contribution is 2.23. The number of rotatable bonds is 7. The Kier molecular flexibility index (Phi) is 6.62. The summed E-state index contributed by atoms with van der Waals surface area (Å²) in [7, 11) is 0. The Morgan fingerprint density at radius 2 is 1.88 bits per heavy atom. The molecule has 0 spiro atoms. The summed E-state index contributed by atoms with van der Waals surface area (Å²) in [6, 6.07) is 9.53. The van der Waals surface area contributed by atoms with Crippen LogP contribution in [-0.4, -0.2) is 42.3 Å². The zero-order chi connectivity index (χ0) is 17.5. The highest BCUT2D eigenvalue weighted by molar-refractivity contribution is 5.85. The molecule has 2 atom stereocenters. The molecule has 0 unspecified atom stereocenters. The number of likely N-dealkylation sites (tertiary alicyclic amines) is 1. The zero-order valence-corrected chi connectivity index (χ0v) is 15.0. The average molecular weight is 341 g/mol. The lowest BCUT2D eigenvalue weighted by Gasteiger charge is -2.29. The lowest BCUT2D eigenvalue weighted by Crippen LogP contribution is -2.50. The normalized spacial score (nSPS) is 22.7. The quantitative estimate of drug-likeness (QED) is 0.830. The molecule has 0 bridgehead atoms. The minimum Gasteiger partial charge on any atom is -0.331 e. The topological polar surface area (TPSA) is 49.4 Å². The second kappa shape index (κ2) is 9.14. The smallest absolute Gasteiger partial charge is 0.240 e. The van der Waals surface area contributed by atoms with Crippen molar-refractivity contribution < 1.29 is 9.59 Å². The first-order chi connectivity index (χ1) is 12.3. The maximum absolute atomic E-state index is 13.1. The number of amides is 1. The van der Waals surface area contributed by atoms with Crippen molar-refractivity contribution in [1.82, 2.24) is 10.2 Å². The van der Waals surface area contributed by atoms with E-state index >= 15 is 0 Å². The molecule has 1 N–H and O–H groups in total. The molecule has 4 nitrogen and oxygen atoms in total. The van der Waals surface area contributed by atoms with E-state index in [2.05, 4.69) is 17.4 Å². The van der Waals surface area contributed by atoms with E-state index in [4.69, 9.17) is 0 Å². The van der Waals surface area contributed by atoms with Crippen LogP contribution in [-0.2, 0) is 16.0 Å². The molecule has 135 valence electrons. The fraction of sp³-hybridized carbons (Fsp3) is 0.619. The van der Waals surface area contributed by atoms with Crippen LogP contribution in [0.15, 0.2) is 30.3 Å². The third kappa shape index (κ3) is 4.91. The summed E-state index contributed by atoms with van der Waals surface area (Å²) in [5, 5.41) is 3.54. The molecule has 1 saturated carbocycles. The van der Waals surface area contributed by atoms with Crippen molar-refractivity contribution in [3.05, 3.63) is 35.9 Å². The molecular weight excluding hydrogens is 312 g/mol. The van der Waals surface area contributed by atoms with Crippen LogP contribution >= 0.6 is 0 Å². The first kappa shape index (κ1) is 18.1. The van der Waals surface area contributed by atoms with Gasteiger partial charge in [0, 0.05) is 6.54 Å². The monoisotopic (exact) mass is 341 g/mol. The molecule has 1 saturated heterocycles. The Morgan fingerprint density at radius 1 is 1.12 bits per heavy atom. The van der Waals surface area contributed by atoms with Crippen molar-refractivity contribution in [1.29, 1.82) is 0 Å². The van der Waals surface area contributed by atoms with E-state index in [1.807, 2.05) is 24.5 Å². The molecule has 1 aliphatic heterocycles. The Hall–Kier alpha value is -1.68. The summed E-state index contributed by atoms with van der Waals surface area (Å²) in [6.07, 6.45) is 10.8. The summed E-state index contributed by atoms with van der Waals surface area (Å²) in [5.41, 5.74) is 1.16. The van der Waals surface area contributed by atoms with E-state index in [0.29, 0.717) is 18.9 Å². The number of nitrogens with zero attached hydrogens (tertiary/aromatic N) is 1. The van der Waals surface area contributed by atoms with Gasteiger partial charge in [0.15, 0.2) is 0 Å². The van der Waals surface area contributed by atoms with E-state index in [9.17, 15) is 9.59 Å². The number of carbonyl (C=O) groups excluding carboxylic acids is 2. The zero-order valence-electron chi connectivity index (χ0n) is 15.0. The van der Waals surface area contributed by atoms with E-state index < -0.39 is 0 Å². The Bertz CT molecular complexity index is 554. The van der Waals surface area contributed by atoms with E-state index in [1.54, 1.807) is 4.90 Å². The molecule has 1 aromatic carbocycles. The van der Waals surface area contributed by atoms with Gasteiger partial charge >= 0.3 is 0 Å². The first-order valence-corrected chi connectivity index (χ1v) is 9.73. The van der Waals surface area contributed by atoms with Crippen molar-refractivity contribution in [2.45, 2.75) is 63.5 Å². The van der Waals surface area contributed by atoms with Crippen LogP contribution in [0.2, 0.25) is 0 Å². The predicted octanol–water partition coefficient (Wildman–Crippen LogP) is 2.87. The third-order valence-corrected chi connectivity index (χ3v) is 5.63. The van der Waals surface area contributed by atoms with Gasteiger partial charge in [-0.25, -0.2) is 0 Å². The van der Waals surface area contributed by atoms with Gasteiger partial charge in [-0.05, 0) is 50.1 Å². The Labute approximate surface area is 151 Å². The SMILES string of the molecule is O=[C][C@@H]1CCCN1C(=O)[C@@H](Cc1ccccc1)NCC1CCCCC1. The van der Waals surface area contributed by atoms with Gasteiger partial charge in [0.25, 0.3) is 0 Å². The van der Waals surface area contributed by atoms with Crippen LogP contribution < -0.4 is 5.32 Å². The summed E-state index contributed by atoms with van der Waals surface area (Å²) < 4.78 is 0. The minimum absolute atomic E-state index is 0.0607. The fourth-order valence-corrected chi connectivity index (χ4v) is 4.15. The van der Waals surface area contributed by atoms with Gasteiger partial charge in [0.2, 0.25) is 12.2 Å². The summed E-state index contributed by atoms with van der Waals surface area (Å²) in [4.78, 5) is 26.0. The maximum Gasteiger partial charge on any atom is 0.240 e. The van der Waals surface area contributed by atoms with Crippen molar-refractivity contribution in [2.24, 2.45) is 5.92 Å². The van der Waals surface area contributed by atoms with Gasteiger partial charge < -0.3 is 10.2 Å². The number of hydrogen-bond donors (Lipinski definition) is 1.